The van der Waals surface area contributed by atoms with Crippen molar-refractivity contribution in [3.05, 3.63) is 84.3 Å². The van der Waals surface area contributed by atoms with Crippen molar-refractivity contribution in [3.63, 3.8) is 0 Å². The molecule has 4 aromatic rings. The molecule has 0 radical (unpaired) electrons. The third-order valence-electron chi connectivity index (χ3n) is 6.17. The summed E-state index contributed by atoms with van der Waals surface area (Å²) < 4.78 is 31.8. The van der Waals surface area contributed by atoms with Gasteiger partial charge in [0, 0.05) is 29.8 Å². The zero-order valence-corrected chi connectivity index (χ0v) is 19.7. The summed E-state index contributed by atoms with van der Waals surface area (Å²) in [7, 11) is 2.96. The number of hydrogen-bond acceptors (Lipinski definition) is 6. The lowest BCUT2D eigenvalue weighted by atomic mass is 10.1. The fourth-order valence-corrected chi connectivity index (χ4v) is 4.04. The maximum atomic E-state index is 15.0. The molecule has 1 saturated heterocycles. The number of nitrogens with zero attached hydrogens (tertiary/aromatic N) is 2. The third kappa shape index (κ3) is 4.09. The lowest BCUT2D eigenvalue weighted by Crippen LogP contribution is -2.51. The van der Waals surface area contributed by atoms with Crippen LogP contribution in [0.25, 0.3) is 10.9 Å². The van der Waals surface area contributed by atoms with Crippen LogP contribution in [0.5, 0.6) is 23.0 Å². The van der Waals surface area contributed by atoms with Crippen molar-refractivity contribution >= 4 is 28.5 Å². The third-order valence-corrected chi connectivity index (χ3v) is 6.17. The molecule has 8 nitrogen and oxygen atoms in total. The average Bonchev–Trinajstić information content (AvgIpc) is 3.16. The largest absolute Gasteiger partial charge is 0.493 e. The minimum absolute atomic E-state index is 0.0618. The number of amides is 3. The summed E-state index contributed by atoms with van der Waals surface area (Å²) in [6.07, 6.45) is 1.55. The first-order chi connectivity index (χ1) is 17.4. The number of likely N-dealkylation sites (N-methyl/N-ethyl adjacent to an activating group) is 1. The number of ether oxygens (including phenoxy) is 3. The first kappa shape index (κ1) is 23.3. The maximum absolute atomic E-state index is 15.0. The van der Waals surface area contributed by atoms with Gasteiger partial charge in [0.25, 0.3) is 0 Å². The number of carbonyl (C=O) groups excluding carboxylic acids is 2. The van der Waals surface area contributed by atoms with Gasteiger partial charge >= 0.3 is 11.9 Å². The van der Waals surface area contributed by atoms with Crippen molar-refractivity contribution in [1.82, 2.24) is 14.8 Å². The Morgan fingerprint density at radius 1 is 0.972 bits per heavy atom. The summed E-state index contributed by atoms with van der Waals surface area (Å²) in [4.78, 5) is 28.9. The SMILES string of the molecule is COc1cc2c(Oc3ccc([N+]4(C)C(=O)CNC4=O)cc3F)ccnc2cc1OCc1ccccc1. The summed E-state index contributed by atoms with van der Waals surface area (Å²) in [6.45, 7) is 0.255. The Morgan fingerprint density at radius 2 is 1.78 bits per heavy atom. The van der Waals surface area contributed by atoms with E-state index in [1.165, 1.54) is 26.3 Å². The fourth-order valence-electron chi connectivity index (χ4n) is 4.04. The van der Waals surface area contributed by atoms with Gasteiger partial charge in [0.1, 0.15) is 18.9 Å². The molecule has 2 heterocycles. The number of benzene rings is 3. The van der Waals surface area contributed by atoms with E-state index in [1.807, 2.05) is 30.3 Å². The second-order valence-corrected chi connectivity index (χ2v) is 8.38. The predicted molar refractivity (Wildman–Crippen MR) is 132 cm³/mol. The van der Waals surface area contributed by atoms with Gasteiger partial charge < -0.3 is 14.2 Å². The molecule has 3 amide bonds. The van der Waals surface area contributed by atoms with Crippen LogP contribution >= 0.6 is 0 Å². The van der Waals surface area contributed by atoms with Crippen molar-refractivity contribution in [3.8, 4) is 23.0 Å². The van der Waals surface area contributed by atoms with Gasteiger partial charge in [0.2, 0.25) is 0 Å². The number of aromatic nitrogens is 1. The standard InChI is InChI=1S/C27H22FN3O5/c1-31(26(32)15-30-27(31)33)18-8-9-23(20(28)12-18)36-22-10-11-29-21-14-25(24(34-2)13-19(21)22)35-16-17-6-4-3-5-7-17/h3-14H,15-16H2,1-2H3/p+1. The van der Waals surface area contributed by atoms with Gasteiger partial charge in [-0.25, -0.2) is 14.0 Å². The second-order valence-electron chi connectivity index (χ2n) is 8.38. The van der Waals surface area contributed by atoms with Crippen molar-refractivity contribution < 1.29 is 28.2 Å². The van der Waals surface area contributed by atoms with E-state index < -0.39 is 16.3 Å². The number of pyridine rings is 1. The van der Waals surface area contributed by atoms with E-state index in [2.05, 4.69) is 10.3 Å². The molecule has 36 heavy (non-hydrogen) atoms. The Labute approximate surface area is 206 Å². The summed E-state index contributed by atoms with van der Waals surface area (Å²) in [5, 5.41) is 3.08. The van der Waals surface area contributed by atoms with Crippen LogP contribution in [0.15, 0.2) is 72.9 Å². The lowest BCUT2D eigenvalue weighted by molar-refractivity contribution is -0.123. The fraction of sp³-hybridized carbons (Fsp3) is 0.148. The minimum atomic E-state index is -0.709. The Bertz CT molecular complexity index is 1460. The molecule has 0 bridgehead atoms. The van der Waals surface area contributed by atoms with Gasteiger partial charge in [-0.15, -0.1) is 4.48 Å². The van der Waals surface area contributed by atoms with Crippen LogP contribution in [0.3, 0.4) is 0 Å². The second kappa shape index (κ2) is 9.27. The first-order valence-corrected chi connectivity index (χ1v) is 11.2. The molecule has 0 aliphatic carbocycles. The molecule has 1 N–H and O–H groups in total. The van der Waals surface area contributed by atoms with Crippen LogP contribution < -0.4 is 24.0 Å². The number of imide groups is 1. The van der Waals surface area contributed by atoms with Crippen molar-refractivity contribution in [2.45, 2.75) is 6.61 Å². The van der Waals surface area contributed by atoms with Crippen LogP contribution in [-0.4, -0.2) is 37.6 Å². The van der Waals surface area contributed by atoms with Crippen molar-refractivity contribution in [2.75, 3.05) is 20.7 Å². The summed E-state index contributed by atoms with van der Waals surface area (Å²) >= 11 is 0. The number of halogens is 1. The van der Waals surface area contributed by atoms with E-state index in [4.69, 9.17) is 14.2 Å². The average molecular weight is 488 g/mol. The number of hydrogen-bond donors (Lipinski definition) is 1. The molecule has 3 aromatic carbocycles. The molecular weight excluding hydrogens is 465 g/mol. The highest BCUT2D eigenvalue weighted by Crippen LogP contribution is 2.38. The quantitative estimate of drug-likeness (QED) is 0.293. The number of methoxy groups -OCH3 is 1. The van der Waals surface area contributed by atoms with E-state index >= 15 is 4.39 Å². The Morgan fingerprint density at radius 3 is 2.47 bits per heavy atom. The molecule has 5 rings (SSSR count). The van der Waals surface area contributed by atoms with Gasteiger partial charge in [-0.05, 0) is 23.8 Å². The first-order valence-electron chi connectivity index (χ1n) is 11.2. The summed E-state index contributed by atoms with van der Waals surface area (Å²) in [6, 6.07) is 18.3. The number of nitrogens with one attached hydrogen (secondary N) is 1. The van der Waals surface area contributed by atoms with E-state index in [-0.39, 0.29) is 23.9 Å². The monoisotopic (exact) mass is 488 g/mol. The number of quaternary nitrogens is 1. The molecule has 0 spiro atoms. The summed E-state index contributed by atoms with van der Waals surface area (Å²) in [5.41, 5.74) is 1.79. The van der Waals surface area contributed by atoms with Gasteiger partial charge in [-0.3, -0.25) is 10.3 Å². The molecule has 1 atom stereocenters. The highest BCUT2D eigenvalue weighted by Gasteiger charge is 2.48. The van der Waals surface area contributed by atoms with Gasteiger partial charge in [0.15, 0.2) is 28.8 Å². The Balaban J connectivity index is 1.44. The number of rotatable bonds is 7. The van der Waals surface area contributed by atoms with Crippen LogP contribution in [-0.2, 0) is 11.4 Å². The molecule has 1 unspecified atom stereocenters. The van der Waals surface area contributed by atoms with Gasteiger partial charge in [-0.1, -0.05) is 30.3 Å². The predicted octanol–water partition coefficient (Wildman–Crippen LogP) is 4.94. The van der Waals surface area contributed by atoms with Gasteiger partial charge in [0.05, 0.1) is 19.7 Å². The van der Waals surface area contributed by atoms with Crippen LogP contribution in [0.2, 0.25) is 0 Å². The molecule has 1 aromatic heterocycles. The topological polar surface area (TPSA) is 86.8 Å². The van der Waals surface area contributed by atoms with E-state index in [0.717, 1.165) is 11.6 Å². The van der Waals surface area contributed by atoms with E-state index in [9.17, 15) is 9.59 Å². The number of fused-ring (bicyclic) bond motifs is 1. The summed E-state index contributed by atoms with van der Waals surface area (Å²) in [5.74, 6) is 0.204. The molecule has 1 aliphatic heterocycles. The van der Waals surface area contributed by atoms with Crippen LogP contribution in [0.1, 0.15) is 5.56 Å². The number of urea groups is 1. The molecular formula is C27H23FN3O5+. The zero-order valence-electron chi connectivity index (χ0n) is 19.7. The van der Waals surface area contributed by atoms with Gasteiger partial charge in [-0.2, -0.15) is 0 Å². The Hall–Kier alpha value is -4.50. The maximum Gasteiger partial charge on any atom is 0.429 e. The van der Waals surface area contributed by atoms with E-state index in [0.29, 0.717) is 34.8 Å². The van der Waals surface area contributed by atoms with Crippen molar-refractivity contribution in [2.24, 2.45) is 0 Å². The molecule has 1 aliphatic rings. The molecule has 9 heteroatoms. The lowest BCUT2D eigenvalue weighted by Gasteiger charge is -2.21. The minimum Gasteiger partial charge on any atom is -0.493 e. The number of carbonyl (C=O) groups is 2. The Kier molecular flexibility index (Phi) is 5.99. The van der Waals surface area contributed by atoms with Crippen molar-refractivity contribution in [1.29, 1.82) is 0 Å². The normalized spacial score (nSPS) is 17.2. The highest BCUT2D eigenvalue weighted by molar-refractivity contribution is 6.13. The van der Waals surface area contributed by atoms with Crippen LogP contribution in [0, 0.1) is 5.82 Å². The molecule has 182 valence electrons. The molecule has 0 saturated carbocycles. The smallest absolute Gasteiger partial charge is 0.429 e. The zero-order chi connectivity index (χ0) is 25.3. The molecule has 1 fully saturated rings. The van der Waals surface area contributed by atoms with E-state index in [1.54, 1.807) is 24.4 Å². The highest BCUT2D eigenvalue weighted by atomic mass is 19.1. The van der Waals surface area contributed by atoms with Crippen LogP contribution in [0.4, 0.5) is 14.9 Å².